The number of rotatable bonds is 4. The zero-order valence-corrected chi connectivity index (χ0v) is 16.5. The largest absolute Gasteiger partial charge is 0.480 e. The molecule has 4 rings (SSSR count). The van der Waals surface area contributed by atoms with Crippen LogP contribution < -0.4 is 15.8 Å². The SMILES string of the molecule is COc1cnc(C(=O)Nc2ccc(F)c(C34COCC3(F)COC(N)=N4)c2)cn1.Cl. The molecule has 0 saturated carbocycles. The highest BCUT2D eigenvalue weighted by molar-refractivity contribution is 6.02. The number of methoxy groups -OCH3 is 1. The minimum Gasteiger partial charge on any atom is -0.480 e. The van der Waals surface area contributed by atoms with Gasteiger partial charge in [0.05, 0.1) is 32.7 Å². The quantitative estimate of drug-likeness (QED) is 0.738. The van der Waals surface area contributed by atoms with Crippen LogP contribution in [0.4, 0.5) is 14.5 Å². The Kier molecular flexibility index (Phi) is 5.77. The van der Waals surface area contributed by atoms with Crippen LogP contribution in [0.3, 0.4) is 0 Å². The summed E-state index contributed by atoms with van der Waals surface area (Å²) in [6.07, 6.45) is 2.52. The Morgan fingerprint density at radius 1 is 1.27 bits per heavy atom. The van der Waals surface area contributed by atoms with Crippen molar-refractivity contribution in [1.82, 2.24) is 9.97 Å². The molecule has 3 N–H and O–H groups in total. The number of aliphatic imine (C=N–C) groups is 1. The van der Waals surface area contributed by atoms with Gasteiger partial charge in [0.15, 0.2) is 11.2 Å². The fourth-order valence-electron chi connectivity index (χ4n) is 3.34. The average molecular weight is 442 g/mol. The fourth-order valence-corrected chi connectivity index (χ4v) is 3.34. The number of nitrogens with two attached hydrogens (primary N) is 1. The third kappa shape index (κ3) is 3.50. The lowest BCUT2D eigenvalue weighted by Crippen LogP contribution is -2.55. The van der Waals surface area contributed by atoms with Crippen molar-refractivity contribution in [3.8, 4) is 5.88 Å². The number of hydrogen-bond donors (Lipinski definition) is 2. The van der Waals surface area contributed by atoms with Crippen molar-refractivity contribution in [1.29, 1.82) is 0 Å². The van der Waals surface area contributed by atoms with E-state index in [1.165, 1.54) is 31.6 Å². The number of fused-ring (bicyclic) bond motifs is 1. The van der Waals surface area contributed by atoms with Crippen LogP contribution in [0, 0.1) is 5.82 Å². The Bertz CT molecular complexity index is 993. The number of alkyl halides is 1. The monoisotopic (exact) mass is 441 g/mol. The van der Waals surface area contributed by atoms with Crippen LogP contribution in [0.1, 0.15) is 16.1 Å². The van der Waals surface area contributed by atoms with Gasteiger partial charge in [-0.1, -0.05) is 0 Å². The lowest BCUT2D eigenvalue weighted by atomic mass is 9.78. The number of ether oxygens (including phenoxy) is 3. The molecule has 0 bridgehead atoms. The maximum Gasteiger partial charge on any atom is 0.283 e. The molecule has 2 aliphatic heterocycles. The van der Waals surface area contributed by atoms with E-state index in [2.05, 4.69) is 20.3 Å². The van der Waals surface area contributed by atoms with Gasteiger partial charge in [-0.15, -0.1) is 12.4 Å². The van der Waals surface area contributed by atoms with Gasteiger partial charge in [0.2, 0.25) is 5.88 Å². The number of amides is 1. The van der Waals surface area contributed by atoms with Gasteiger partial charge >= 0.3 is 0 Å². The van der Waals surface area contributed by atoms with Gasteiger partial charge < -0.3 is 25.3 Å². The lowest BCUT2D eigenvalue weighted by Gasteiger charge is -2.38. The number of halogens is 3. The van der Waals surface area contributed by atoms with Gasteiger partial charge in [0.25, 0.3) is 11.9 Å². The fraction of sp³-hybridized carbons (Fsp3) is 0.333. The second kappa shape index (κ2) is 8.00. The van der Waals surface area contributed by atoms with E-state index in [1.54, 1.807) is 0 Å². The first-order valence-corrected chi connectivity index (χ1v) is 8.59. The van der Waals surface area contributed by atoms with Crippen molar-refractivity contribution in [2.45, 2.75) is 11.2 Å². The Morgan fingerprint density at radius 3 is 2.77 bits per heavy atom. The van der Waals surface area contributed by atoms with Crippen molar-refractivity contribution in [3.05, 3.63) is 47.7 Å². The summed E-state index contributed by atoms with van der Waals surface area (Å²) in [5.74, 6) is -1.04. The number of hydrogen-bond acceptors (Lipinski definition) is 8. The highest BCUT2D eigenvalue weighted by Crippen LogP contribution is 2.48. The molecule has 1 fully saturated rings. The maximum atomic E-state index is 15.5. The number of carbonyl (C=O) groups excluding carboxylic acids is 1. The highest BCUT2D eigenvalue weighted by atomic mass is 35.5. The number of carbonyl (C=O) groups is 1. The van der Waals surface area contributed by atoms with Crippen molar-refractivity contribution < 1.29 is 27.8 Å². The summed E-state index contributed by atoms with van der Waals surface area (Å²) >= 11 is 0. The van der Waals surface area contributed by atoms with E-state index in [4.69, 9.17) is 19.9 Å². The molecule has 0 aliphatic carbocycles. The number of nitrogens with one attached hydrogen (secondary N) is 1. The summed E-state index contributed by atoms with van der Waals surface area (Å²) in [5.41, 5.74) is 1.97. The molecule has 2 aromatic rings. The van der Waals surface area contributed by atoms with Gasteiger partial charge in [-0.2, -0.15) is 0 Å². The smallest absolute Gasteiger partial charge is 0.283 e. The van der Waals surface area contributed by atoms with Crippen LogP contribution >= 0.6 is 12.4 Å². The average Bonchev–Trinajstić information content (AvgIpc) is 3.06. The summed E-state index contributed by atoms with van der Waals surface area (Å²) in [6, 6.07) is 3.49. The molecule has 30 heavy (non-hydrogen) atoms. The minimum absolute atomic E-state index is 0. The summed E-state index contributed by atoms with van der Waals surface area (Å²) in [5, 5.41) is 2.58. The molecular weight excluding hydrogens is 424 g/mol. The highest BCUT2D eigenvalue weighted by Gasteiger charge is 2.62. The first-order valence-electron chi connectivity index (χ1n) is 8.59. The van der Waals surface area contributed by atoms with E-state index < -0.39 is 29.5 Å². The number of aromatic nitrogens is 2. The standard InChI is InChI=1S/C18H17F2N5O4.ClH/c1-27-14-6-22-13(5-23-14)15(26)24-10-2-3-12(19)11(4-10)18-9-28-7-17(18,20)8-29-16(21)25-18;/h2-6H,7-9H2,1H3,(H2,21,25)(H,24,26);1H. The third-order valence-corrected chi connectivity index (χ3v) is 4.87. The second-order valence-electron chi connectivity index (χ2n) is 6.65. The molecule has 1 amide bonds. The lowest BCUT2D eigenvalue weighted by molar-refractivity contribution is 0.00905. The Balaban J connectivity index is 0.00000256. The molecule has 160 valence electrons. The van der Waals surface area contributed by atoms with Crippen molar-refractivity contribution in [2.24, 2.45) is 10.7 Å². The van der Waals surface area contributed by atoms with Crippen LogP contribution in [0.2, 0.25) is 0 Å². The topological polar surface area (TPSA) is 121 Å². The molecule has 1 aromatic heterocycles. The number of benzene rings is 1. The number of nitrogens with zero attached hydrogens (tertiary/aromatic N) is 3. The normalized spacial score (nSPS) is 24.7. The van der Waals surface area contributed by atoms with Gasteiger partial charge in [0.1, 0.15) is 18.1 Å². The zero-order chi connectivity index (χ0) is 20.6. The molecule has 9 nitrogen and oxygen atoms in total. The van der Waals surface area contributed by atoms with E-state index in [0.717, 1.165) is 6.07 Å². The molecule has 2 aliphatic rings. The molecule has 0 radical (unpaired) electrons. The zero-order valence-electron chi connectivity index (χ0n) is 15.7. The first-order chi connectivity index (χ1) is 13.9. The van der Waals surface area contributed by atoms with E-state index >= 15 is 4.39 Å². The van der Waals surface area contributed by atoms with Gasteiger partial charge in [-0.3, -0.25) is 4.79 Å². The van der Waals surface area contributed by atoms with Crippen molar-refractivity contribution >= 4 is 30.0 Å². The maximum absolute atomic E-state index is 15.5. The third-order valence-electron chi connectivity index (χ3n) is 4.87. The van der Waals surface area contributed by atoms with Crippen LogP contribution in [-0.4, -0.2) is 54.5 Å². The molecular formula is C18H18ClF2N5O4. The summed E-state index contributed by atoms with van der Waals surface area (Å²) in [6.45, 7) is -0.952. The molecule has 1 aromatic carbocycles. The Hall–Kier alpha value is -3.05. The van der Waals surface area contributed by atoms with Crippen LogP contribution in [0.15, 0.2) is 35.6 Å². The summed E-state index contributed by atoms with van der Waals surface area (Å²) in [4.78, 5) is 24.3. The molecule has 3 heterocycles. The number of anilines is 1. The summed E-state index contributed by atoms with van der Waals surface area (Å²) in [7, 11) is 1.42. The molecule has 0 spiro atoms. The molecule has 2 unspecified atom stereocenters. The van der Waals surface area contributed by atoms with E-state index in [9.17, 15) is 9.18 Å². The predicted molar refractivity (Wildman–Crippen MR) is 104 cm³/mol. The van der Waals surface area contributed by atoms with Gasteiger partial charge in [-0.05, 0) is 18.2 Å². The number of amidine groups is 1. The first kappa shape index (κ1) is 21.7. The van der Waals surface area contributed by atoms with Crippen molar-refractivity contribution in [2.75, 3.05) is 32.2 Å². The predicted octanol–water partition coefficient (Wildman–Crippen LogP) is 1.58. The Morgan fingerprint density at radius 2 is 2.07 bits per heavy atom. The van der Waals surface area contributed by atoms with Gasteiger partial charge in [-0.25, -0.2) is 23.7 Å². The minimum atomic E-state index is -2.10. The molecule has 1 saturated heterocycles. The molecule has 2 atom stereocenters. The molecule has 12 heteroatoms. The van der Waals surface area contributed by atoms with Crippen molar-refractivity contribution in [3.63, 3.8) is 0 Å². The second-order valence-corrected chi connectivity index (χ2v) is 6.65. The van der Waals surface area contributed by atoms with Gasteiger partial charge in [0, 0.05) is 11.3 Å². The van der Waals surface area contributed by atoms with E-state index in [-0.39, 0.29) is 54.5 Å². The van der Waals surface area contributed by atoms with Crippen LogP contribution in [0.5, 0.6) is 5.88 Å². The van der Waals surface area contributed by atoms with E-state index in [1.807, 2.05) is 0 Å². The van der Waals surface area contributed by atoms with Crippen LogP contribution in [0.25, 0.3) is 0 Å². The van der Waals surface area contributed by atoms with E-state index in [0.29, 0.717) is 0 Å². The Labute approximate surface area is 176 Å². The summed E-state index contributed by atoms with van der Waals surface area (Å²) < 4.78 is 45.4. The van der Waals surface area contributed by atoms with Crippen LogP contribution in [-0.2, 0) is 15.0 Å².